The number of rotatable bonds is 5. The van der Waals surface area contributed by atoms with Crippen LogP contribution in [0, 0.1) is 0 Å². The minimum absolute atomic E-state index is 0.0418. The lowest BCUT2D eigenvalue weighted by atomic mass is 10.1. The smallest absolute Gasteiger partial charge is 0.123 e. The zero-order valence-electron chi connectivity index (χ0n) is 11.0. The SMILES string of the molecule is COc1ccc(C(C)N)cc1CS(=O)c1cccs1. The van der Waals surface area contributed by atoms with E-state index in [0.29, 0.717) is 5.75 Å². The molecule has 5 heteroatoms. The van der Waals surface area contributed by atoms with Crippen LogP contribution in [0.15, 0.2) is 39.9 Å². The monoisotopic (exact) mass is 295 g/mol. The van der Waals surface area contributed by atoms with Crippen molar-refractivity contribution in [3.8, 4) is 5.75 Å². The number of benzene rings is 1. The lowest BCUT2D eigenvalue weighted by Crippen LogP contribution is -2.06. The van der Waals surface area contributed by atoms with Crippen molar-refractivity contribution in [1.82, 2.24) is 0 Å². The van der Waals surface area contributed by atoms with E-state index in [1.165, 1.54) is 11.3 Å². The standard InChI is InChI=1S/C14H17NO2S2/c1-10(15)11-5-6-13(17-2)12(8-11)9-19(16)14-4-3-7-18-14/h3-8,10H,9,15H2,1-2H3. The molecule has 0 amide bonds. The van der Waals surface area contributed by atoms with Gasteiger partial charge in [0.1, 0.15) is 5.75 Å². The van der Waals surface area contributed by atoms with Crippen molar-refractivity contribution in [1.29, 1.82) is 0 Å². The molecule has 19 heavy (non-hydrogen) atoms. The lowest BCUT2D eigenvalue weighted by Gasteiger charge is -2.12. The van der Waals surface area contributed by atoms with Gasteiger partial charge in [0.25, 0.3) is 0 Å². The van der Waals surface area contributed by atoms with Crippen LogP contribution in [0.5, 0.6) is 5.75 Å². The molecule has 2 N–H and O–H groups in total. The van der Waals surface area contributed by atoms with E-state index in [1.807, 2.05) is 42.6 Å². The molecular weight excluding hydrogens is 278 g/mol. The van der Waals surface area contributed by atoms with Gasteiger partial charge in [0, 0.05) is 11.6 Å². The third-order valence-electron chi connectivity index (χ3n) is 2.84. The van der Waals surface area contributed by atoms with Crippen molar-refractivity contribution < 1.29 is 8.95 Å². The topological polar surface area (TPSA) is 52.3 Å². The van der Waals surface area contributed by atoms with E-state index >= 15 is 0 Å². The van der Waals surface area contributed by atoms with Crippen LogP contribution in [-0.2, 0) is 16.6 Å². The summed E-state index contributed by atoms with van der Waals surface area (Å²) in [5, 5.41) is 1.93. The van der Waals surface area contributed by atoms with Crippen molar-refractivity contribution in [3.05, 3.63) is 46.8 Å². The molecule has 2 atom stereocenters. The normalized spacial score (nSPS) is 14.1. The van der Waals surface area contributed by atoms with Crippen molar-refractivity contribution in [2.45, 2.75) is 22.9 Å². The maximum atomic E-state index is 12.3. The quantitative estimate of drug-likeness (QED) is 0.922. The van der Waals surface area contributed by atoms with Crippen LogP contribution in [0.2, 0.25) is 0 Å². The molecule has 3 nitrogen and oxygen atoms in total. The van der Waals surface area contributed by atoms with E-state index in [-0.39, 0.29) is 6.04 Å². The summed E-state index contributed by atoms with van der Waals surface area (Å²) in [6.45, 7) is 1.93. The van der Waals surface area contributed by atoms with Gasteiger partial charge in [-0.15, -0.1) is 11.3 Å². The van der Waals surface area contributed by atoms with Gasteiger partial charge in [-0.25, -0.2) is 0 Å². The first-order valence-corrected chi connectivity index (χ1v) is 8.16. The number of thiophene rings is 1. The Morgan fingerprint density at radius 1 is 1.42 bits per heavy atom. The Bertz CT molecular complexity index is 565. The summed E-state index contributed by atoms with van der Waals surface area (Å²) >= 11 is 1.51. The first kappa shape index (κ1) is 14.2. The van der Waals surface area contributed by atoms with E-state index in [4.69, 9.17) is 10.5 Å². The first-order chi connectivity index (χ1) is 9.11. The molecule has 0 radical (unpaired) electrons. The van der Waals surface area contributed by atoms with Crippen LogP contribution < -0.4 is 10.5 Å². The van der Waals surface area contributed by atoms with E-state index < -0.39 is 10.8 Å². The third kappa shape index (κ3) is 3.43. The highest BCUT2D eigenvalue weighted by Gasteiger charge is 2.12. The molecule has 1 aromatic heterocycles. The Morgan fingerprint density at radius 3 is 2.79 bits per heavy atom. The summed E-state index contributed by atoms with van der Waals surface area (Å²) in [6, 6.07) is 9.58. The van der Waals surface area contributed by atoms with Crippen molar-refractivity contribution >= 4 is 22.1 Å². The Hall–Kier alpha value is -1.17. The molecular formula is C14H17NO2S2. The molecule has 0 saturated heterocycles. The molecule has 0 bridgehead atoms. The average Bonchev–Trinajstić information content (AvgIpc) is 2.92. The van der Waals surface area contributed by atoms with Gasteiger partial charge in [-0.2, -0.15) is 0 Å². The summed E-state index contributed by atoms with van der Waals surface area (Å²) < 4.78 is 18.5. The van der Waals surface area contributed by atoms with Crippen LogP contribution in [0.4, 0.5) is 0 Å². The molecule has 2 unspecified atom stereocenters. The number of methoxy groups -OCH3 is 1. The van der Waals surface area contributed by atoms with Gasteiger partial charge < -0.3 is 10.5 Å². The van der Waals surface area contributed by atoms with E-state index in [2.05, 4.69) is 0 Å². The fourth-order valence-electron chi connectivity index (χ4n) is 1.80. The Kier molecular flexibility index (Phi) is 4.74. The molecule has 0 spiro atoms. The molecule has 0 aliphatic rings. The average molecular weight is 295 g/mol. The van der Waals surface area contributed by atoms with Crippen LogP contribution in [0.1, 0.15) is 24.1 Å². The summed E-state index contributed by atoms with van der Waals surface area (Å²) in [6.07, 6.45) is 0. The maximum Gasteiger partial charge on any atom is 0.123 e. The number of hydrogen-bond donors (Lipinski definition) is 1. The largest absolute Gasteiger partial charge is 0.496 e. The molecule has 0 fully saturated rings. The number of hydrogen-bond acceptors (Lipinski definition) is 4. The van der Waals surface area contributed by atoms with Crippen molar-refractivity contribution in [3.63, 3.8) is 0 Å². The second-order valence-corrected chi connectivity index (χ2v) is 6.91. The number of nitrogens with two attached hydrogens (primary N) is 1. The van der Waals surface area contributed by atoms with Gasteiger partial charge >= 0.3 is 0 Å². The third-order valence-corrected chi connectivity index (χ3v) is 5.50. The summed E-state index contributed by atoms with van der Waals surface area (Å²) in [5.41, 5.74) is 7.85. The van der Waals surface area contributed by atoms with E-state index in [9.17, 15) is 4.21 Å². The molecule has 1 aromatic carbocycles. The Morgan fingerprint density at radius 2 is 2.21 bits per heavy atom. The Labute approximate surface area is 119 Å². The molecule has 0 aliphatic heterocycles. The van der Waals surface area contributed by atoms with Gasteiger partial charge in [0.05, 0.1) is 27.9 Å². The van der Waals surface area contributed by atoms with Crippen LogP contribution >= 0.6 is 11.3 Å². The maximum absolute atomic E-state index is 12.3. The molecule has 0 saturated carbocycles. The van der Waals surface area contributed by atoms with Crippen LogP contribution in [-0.4, -0.2) is 11.3 Å². The lowest BCUT2D eigenvalue weighted by molar-refractivity contribution is 0.411. The molecule has 2 rings (SSSR count). The number of ether oxygens (including phenoxy) is 1. The molecule has 2 aromatic rings. The fourth-order valence-corrected chi connectivity index (χ4v) is 3.90. The second-order valence-electron chi connectivity index (χ2n) is 4.28. The summed E-state index contributed by atoms with van der Waals surface area (Å²) in [7, 11) is 0.585. The summed E-state index contributed by atoms with van der Waals surface area (Å²) in [5.74, 6) is 1.21. The van der Waals surface area contributed by atoms with Gasteiger partial charge in [-0.1, -0.05) is 12.1 Å². The van der Waals surface area contributed by atoms with E-state index in [1.54, 1.807) is 7.11 Å². The second kappa shape index (κ2) is 6.32. The first-order valence-electron chi connectivity index (χ1n) is 5.96. The highest BCUT2D eigenvalue weighted by Crippen LogP contribution is 2.26. The highest BCUT2D eigenvalue weighted by molar-refractivity contribution is 7.86. The van der Waals surface area contributed by atoms with Crippen molar-refractivity contribution in [2.24, 2.45) is 5.73 Å². The predicted octanol–water partition coefficient (Wildman–Crippen LogP) is 3.08. The van der Waals surface area contributed by atoms with Gasteiger partial charge in [0.15, 0.2) is 0 Å². The van der Waals surface area contributed by atoms with Gasteiger partial charge in [0.2, 0.25) is 0 Å². The predicted molar refractivity (Wildman–Crippen MR) is 80.0 cm³/mol. The molecule has 0 aliphatic carbocycles. The zero-order chi connectivity index (χ0) is 13.8. The van der Waals surface area contributed by atoms with Crippen LogP contribution in [0.25, 0.3) is 0 Å². The summed E-state index contributed by atoms with van der Waals surface area (Å²) in [4.78, 5) is 0. The van der Waals surface area contributed by atoms with Crippen molar-refractivity contribution in [2.75, 3.05) is 7.11 Å². The highest BCUT2D eigenvalue weighted by atomic mass is 32.2. The Balaban J connectivity index is 2.27. The zero-order valence-corrected chi connectivity index (χ0v) is 12.6. The van der Waals surface area contributed by atoms with Crippen LogP contribution in [0.3, 0.4) is 0 Å². The minimum Gasteiger partial charge on any atom is -0.496 e. The van der Waals surface area contributed by atoms with Gasteiger partial charge in [-0.3, -0.25) is 4.21 Å². The molecule has 1 heterocycles. The molecule has 102 valence electrons. The van der Waals surface area contributed by atoms with E-state index in [0.717, 1.165) is 21.1 Å². The van der Waals surface area contributed by atoms with Gasteiger partial charge in [-0.05, 0) is 36.1 Å². The minimum atomic E-state index is -1.04. The fraction of sp³-hybridized carbons (Fsp3) is 0.286.